The zero-order valence-corrected chi connectivity index (χ0v) is 12.8. The number of piperidine rings is 2. The first kappa shape index (κ1) is 13.8. The Bertz CT molecular complexity index is 272. The molecule has 3 heteroatoms. The SMILES string of the molecule is CCCNC1CC2CCC(C1)N2C1CCN(C)CC1. The minimum atomic E-state index is 0.806. The van der Waals surface area contributed by atoms with Crippen LogP contribution in [0, 0.1) is 0 Å². The third-order valence-electron chi connectivity index (χ3n) is 5.58. The van der Waals surface area contributed by atoms with Gasteiger partial charge in [0.05, 0.1) is 0 Å². The second-order valence-electron chi connectivity index (χ2n) is 6.99. The van der Waals surface area contributed by atoms with Crippen molar-refractivity contribution in [3.05, 3.63) is 0 Å². The molecule has 0 radical (unpaired) electrons. The molecule has 0 aliphatic carbocycles. The average molecular weight is 265 g/mol. The first-order chi connectivity index (χ1) is 9.28. The topological polar surface area (TPSA) is 18.5 Å². The fraction of sp³-hybridized carbons (Fsp3) is 1.00. The molecule has 2 unspecified atom stereocenters. The zero-order valence-electron chi connectivity index (χ0n) is 12.8. The summed E-state index contributed by atoms with van der Waals surface area (Å²) in [6.45, 7) is 6.09. The highest BCUT2D eigenvalue weighted by molar-refractivity contribution is 5.00. The molecule has 3 saturated heterocycles. The molecule has 3 nitrogen and oxygen atoms in total. The van der Waals surface area contributed by atoms with Crippen molar-refractivity contribution in [1.82, 2.24) is 15.1 Å². The van der Waals surface area contributed by atoms with E-state index in [1.165, 1.54) is 64.6 Å². The summed E-state index contributed by atoms with van der Waals surface area (Å²) in [7, 11) is 2.27. The van der Waals surface area contributed by atoms with Crippen LogP contribution >= 0.6 is 0 Å². The van der Waals surface area contributed by atoms with Crippen molar-refractivity contribution in [3.63, 3.8) is 0 Å². The van der Waals surface area contributed by atoms with E-state index >= 15 is 0 Å². The second kappa shape index (κ2) is 6.11. The molecule has 1 N–H and O–H groups in total. The number of hydrogen-bond donors (Lipinski definition) is 1. The predicted octanol–water partition coefficient (Wildman–Crippen LogP) is 2.08. The van der Waals surface area contributed by atoms with E-state index in [1.807, 2.05) is 0 Å². The normalized spacial score (nSPS) is 37.9. The van der Waals surface area contributed by atoms with Gasteiger partial charge in [0, 0.05) is 24.2 Å². The van der Waals surface area contributed by atoms with Crippen molar-refractivity contribution in [1.29, 1.82) is 0 Å². The van der Waals surface area contributed by atoms with Crippen LogP contribution in [0.4, 0.5) is 0 Å². The Morgan fingerprint density at radius 2 is 1.58 bits per heavy atom. The van der Waals surface area contributed by atoms with Gasteiger partial charge in [0.2, 0.25) is 0 Å². The first-order valence-corrected chi connectivity index (χ1v) is 8.47. The van der Waals surface area contributed by atoms with E-state index in [2.05, 4.69) is 29.1 Å². The van der Waals surface area contributed by atoms with Gasteiger partial charge in [-0.2, -0.15) is 0 Å². The summed E-state index contributed by atoms with van der Waals surface area (Å²) >= 11 is 0. The molecule has 3 aliphatic heterocycles. The van der Waals surface area contributed by atoms with Crippen LogP contribution in [0.25, 0.3) is 0 Å². The molecule has 2 bridgehead atoms. The van der Waals surface area contributed by atoms with E-state index in [1.54, 1.807) is 0 Å². The molecule has 0 saturated carbocycles. The standard InChI is InChI=1S/C16H31N3/c1-3-8-17-13-11-15-4-5-16(12-13)19(15)14-6-9-18(2)10-7-14/h13-17H,3-12H2,1-2H3. The quantitative estimate of drug-likeness (QED) is 0.839. The Balaban J connectivity index is 1.57. The third kappa shape index (κ3) is 2.98. The highest BCUT2D eigenvalue weighted by Crippen LogP contribution is 2.39. The van der Waals surface area contributed by atoms with Gasteiger partial charge in [0.25, 0.3) is 0 Å². The van der Waals surface area contributed by atoms with E-state index < -0.39 is 0 Å². The maximum atomic E-state index is 3.77. The van der Waals surface area contributed by atoms with E-state index in [-0.39, 0.29) is 0 Å². The van der Waals surface area contributed by atoms with Crippen LogP contribution < -0.4 is 5.32 Å². The zero-order chi connectivity index (χ0) is 13.2. The van der Waals surface area contributed by atoms with Gasteiger partial charge in [-0.3, -0.25) is 4.90 Å². The van der Waals surface area contributed by atoms with Crippen molar-refractivity contribution < 1.29 is 0 Å². The van der Waals surface area contributed by atoms with Gasteiger partial charge in [-0.15, -0.1) is 0 Å². The average Bonchev–Trinajstić information content (AvgIpc) is 2.69. The third-order valence-corrected chi connectivity index (χ3v) is 5.58. The van der Waals surface area contributed by atoms with Gasteiger partial charge in [0.1, 0.15) is 0 Å². The predicted molar refractivity (Wildman–Crippen MR) is 80.5 cm³/mol. The number of hydrogen-bond acceptors (Lipinski definition) is 3. The van der Waals surface area contributed by atoms with Gasteiger partial charge < -0.3 is 10.2 Å². The molecule has 0 amide bonds. The lowest BCUT2D eigenvalue weighted by atomic mass is 9.92. The molecule has 0 aromatic rings. The number of fused-ring (bicyclic) bond motifs is 2. The fourth-order valence-corrected chi connectivity index (χ4v) is 4.62. The molecule has 0 aromatic heterocycles. The van der Waals surface area contributed by atoms with Crippen LogP contribution in [-0.4, -0.2) is 60.6 Å². The fourth-order valence-electron chi connectivity index (χ4n) is 4.62. The number of likely N-dealkylation sites (tertiary alicyclic amines) is 1. The Morgan fingerprint density at radius 3 is 2.16 bits per heavy atom. The summed E-state index contributed by atoms with van der Waals surface area (Å²) < 4.78 is 0. The van der Waals surface area contributed by atoms with Crippen molar-refractivity contribution in [3.8, 4) is 0 Å². The minimum absolute atomic E-state index is 0.806. The molecule has 3 rings (SSSR count). The van der Waals surface area contributed by atoms with Gasteiger partial charge >= 0.3 is 0 Å². The van der Waals surface area contributed by atoms with E-state index in [0.29, 0.717) is 0 Å². The van der Waals surface area contributed by atoms with Gasteiger partial charge in [0.15, 0.2) is 0 Å². The monoisotopic (exact) mass is 265 g/mol. The van der Waals surface area contributed by atoms with E-state index in [0.717, 1.165) is 24.2 Å². The van der Waals surface area contributed by atoms with Gasteiger partial charge in [-0.1, -0.05) is 6.92 Å². The molecule has 110 valence electrons. The number of rotatable bonds is 4. The van der Waals surface area contributed by atoms with Crippen LogP contribution in [0.5, 0.6) is 0 Å². The molecule has 0 aromatic carbocycles. The molecule has 3 aliphatic rings. The molecular weight excluding hydrogens is 234 g/mol. The lowest BCUT2D eigenvalue weighted by molar-refractivity contribution is 0.0383. The van der Waals surface area contributed by atoms with Gasteiger partial charge in [-0.05, 0) is 71.6 Å². The Hall–Kier alpha value is -0.120. The Kier molecular flexibility index (Phi) is 4.45. The molecular formula is C16H31N3. The van der Waals surface area contributed by atoms with Crippen molar-refractivity contribution >= 4 is 0 Å². The van der Waals surface area contributed by atoms with Crippen LogP contribution in [0.2, 0.25) is 0 Å². The maximum absolute atomic E-state index is 3.77. The number of nitrogens with zero attached hydrogens (tertiary/aromatic N) is 2. The second-order valence-corrected chi connectivity index (χ2v) is 6.99. The summed E-state index contributed by atoms with van der Waals surface area (Å²) in [5.41, 5.74) is 0. The summed E-state index contributed by atoms with van der Waals surface area (Å²) in [4.78, 5) is 5.44. The van der Waals surface area contributed by atoms with Crippen LogP contribution in [0.3, 0.4) is 0 Å². The van der Waals surface area contributed by atoms with E-state index in [9.17, 15) is 0 Å². The summed E-state index contributed by atoms with van der Waals surface area (Å²) in [6, 6.07) is 3.48. The van der Waals surface area contributed by atoms with Crippen LogP contribution in [0.15, 0.2) is 0 Å². The van der Waals surface area contributed by atoms with Gasteiger partial charge in [-0.25, -0.2) is 0 Å². The lowest BCUT2D eigenvalue weighted by Gasteiger charge is -2.46. The molecule has 3 heterocycles. The number of nitrogens with one attached hydrogen (secondary N) is 1. The summed E-state index contributed by atoms with van der Waals surface area (Å²) in [6.07, 6.45) is 9.80. The smallest absolute Gasteiger partial charge is 0.0125 e. The lowest BCUT2D eigenvalue weighted by Crippen LogP contribution is -2.55. The first-order valence-electron chi connectivity index (χ1n) is 8.47. The largest absolute Gasteiger partial charge is 0.314 e. The highest BCUT2D eigenvalue weighted by Gasteiger charge is 2.43. The Labute approximate surface area is 118 Å². The van der Waals surface area contributed by atoms with E-state index in [4.69, 9.17) is 0 Å². The van der Waals surface area contributed by atoms with Crippen molar-refractivity contribution in [2.24, 2.45) is 0 Å². The van der Waals surface area contributed by atoms with Crippen molar-refractivity contribution in [2.45, 2.75) is 76.0 Å². The molecule has 0 spiro atoms. The minimum Gasteiger partial charge on any atom is -0.314 e. The molecule has 19 heavy (non-hydrogen) atoms. The van der Waals surface area contributed by atoms with Crippen molar-refractivity contribution in [2.75, 3.05) is 26.7 Å². The summed E-state index contributed by atoms with van der Waals surface area (Å²) in [5, 5.41) is 3.77. The molecule has 3 fully saturated rings. The highest BCUT2D eigenvalue weighted by atomic mass is 15.3. The Morgan fingerprint density at radius 1 is 0.947 bits per heavy atom. The maximum Gasteiger partial charge on any atom is 0.0125 e. The molecule has 2 atom stereocenters. The van der Waals surface area contributed by atoms with Crippen LogP contribution in [-0.2, 0) is 0 Å². The summed E-state index contributed by atoms with van der Waals surface area (Å²) in [5.74, 6) is 0. The van der Waals surface area contributed by atoms with Crippen LogP contribution in [0.1, 0.15) is 51.9 Å².